The number of hydrogen-bond donors (Lipinski definition) is 0. The van der Waals surface area contributed by atoms with Crippen molar-refractivity contribution in [1.82, 2.24) is 0 Å². The number of carbonyl (C=O) groups excluding carboxylic acids is 1. The molecule has 1 saturated heterocycles. The maximum absolute atomic E-state index is 10.8. The number of nitrogens with zero attached hydrogens (tertiary/aromatic N) is 2. The van der Waals surface area contributed by atoms with Crippen LogP contribution in [-0.2, 0) is 4.79 Å². The molecule has 5 nitrogen and oxygen atoms in total. The molecule has 0 bridgehead atoms. The second kappa shape index (κ2) is 4.95. The number of non-ortho nitro benzene ring substituents is 1. The lowest BCUT2D eigenvalue weighted by Gasteiger charge is -2.31. The molecule has 90 valence electrons. The van der Waals surface area contributed by atoms with Crippen LogP contribution in [0.15, 0.2) is 24.3 Å². The highest BCUT2D eigenvalue weighted by Gasteiger charge is 2.20. The van der Waals surface area contributed by atoms with E-state index in [0.29, 0.717) is 6.54 Å². The first-order valence-corrected chi connectivity index (χ1v) is 5.65. The van der Waals surface area contributed by atoms with Crippen molar-refractivity contribution >= 4 is 17.7 Å². The molecule has 1 heterocycles. The molecule has 1 aromatic rings. The van der Waals surface area contributed by atoms with Crippen molar-refractivity contribution in [2.24, 2.45) is 5.92 Å². The zero-order valence-corrected chi connectivity index (χ0v) is 9.41. The number of nitro benzene ring substituents is 1. The summed E-state index contributed by atoms with van der Waals surface area (Å²) in [6.07, 6.45) is 2.84. The van der Waals surface area contributed by atoms with Crippen LogP contribution in [-0.4, -0.2) is 24.3 Å². The number of aldehydes is 1. The number of carbonyl (C=O) groups is 1. The van der Waals surface area contributed by atoms with Gasteiger partial charge in [-0.2, -0.15) is 0 Å². The maximum Gasteiger partial charge on any atom is 0.271 e. The fourth-order valence-electron chi connectivity index (χ4n) is 2.16. The van der Waals surface area contributed by atoms with E-state index >= 15 is 0 Å². The van der Waals surface area contributed by atoms with E-state index in [2.05, 4.69) is 0 Å². The van der Waals surface area contributed by atoms with Crippen LogP contribution < -0.4 is 4.90 Å². The van der Waals surface area contributed by atoms with Crippen molar-refractivity contribution < 1.29 is 9.72 Å². The van der Waals surface area contributed by atoms with Crippen molar-refractivity contribution in [3.8, 4) is 0 Å². The smallest absolute Gasteiger partial charge is 0.271 e. The Kier molecular flexibility index (Phi) is 3.37. The summed E-state index contributed by atoms with van der Waals surface area (Å²) in [5.74, 6) is 0.0445. The third-order valence-corrected chi connectivity index (χ3v) is 3.06. The average Bonchev–Trinajstić information content (AvgIpc) is 2.39. The summed E-state index contributed by atoms with van der Waals surface area (Å²) in [7, 11) is 0. The molecule has 0 aromatic heterocycles. The summed E-state index contributed by atoms with van der Waals surface area (Å²) in [5, 5.41) is 10.7. The highest BCUT2D eigenvalue weighted by Crippen LogP contribution is 2.25. The minimum atomic E-state index is -0.398. The normalized spacial score (nSPS) is 20.0. The van der Waals surface area contributed by atoms with Crippen LogP contribution in [0.3, 0.4) is 0 Å². The molecule has 0 amide bonds. The first-order valence-electron chi connectivity index (χ1n) is 5.65. The molecule has 1 aliphatic heterocycles. The number of hydrogen-bond acceptors (Lipinski definition) is 4. The third kappa shape index (κ3) is 2.61. The predicted molar refractivity (Wildman–Crippen MR) is 64.1 cm³/mol. The van der Waals surface area contributed by atoms with E-state index in [1.165, 1.54) is 6.07 Å². The molecule has 2 rings (SSSR count). The molecular weight excluding hydrogens is 220 g/mol. The van der Waals surface area contributed by atoms with Crippen molar-refractivity contribution in [2.45, 2.75) is 12.8 Å². The van der Waals surface area contributed by atoms with Gasteiger partial charge in [-0.3, -0.25) is 10.1 Å². The molecule has 0 N–H and O–H groups in total. The standard InChI is InChI=1S/C12H14N2O3/c15-9-10-3-2-6-13(8-10)11-4-1-5-12(7-11)14(16)17/h1,4-5,7,9-10H,2-3,6,8H2. The minimum Gasteiger partial charge on any atom is -0.371 e. The number of piperidine rings is 1. The summed E-state index contributed by atoms with van der Waals surface area (Å²) < 4.78 is 0. The Morgan fingerprint density at radius 1 is 1.47 bits per heavy atom. The first-order chi connectivity index (χ1) is 8.20. The van der Waals surface area contributed by atoms with Gasteiger partial charge in [0.25, 0.3) is 5.69 Å². The summed E-state index contributed by atoms with van der Waals surface area (Å²) in [6, 6.07) is 6.57. The van der Waals surface area contributed by atoms with E-state index in [1.807, 2.05) is 11.0 Å². The average molecular weight is 234 g/mol. The Balaban J connectivity index is 2.18. The van der Waals surface area contributed by atoms with Crippen LogP contribution in [0, 0.1) is 16.0 Å². The predicted octanol–water partition coefficient (Wildman–Crippen LogP) is 2.01. The highest BCUT2D eigenvalue weighted by atomic mass is 16.6. The maximum atomic E-state index is 10.8. The Labute approximate surface area is 99.2 Å². The lowest BCUT2D eigenvalue weighted by molar-refractivity contribution is -0.384. The van der Waals surface area contributed by atoms with Crippen molar-refractivity contribution in [2.75, 3.05) is 18.0 Å². The van der Waals surface area contributed by atoms with E-state index in [4.69, 9.17) is 0 Å². The Bertz CT molecular complexity index is 434. The third-order valence-electron chi connectivity index (χ3n) is 3.06. The van der Waals surface area contributed by atoms with E-state index in [9.17, 15) is 14.9 Å². The summed E-state index contributed by atoms with van der Waals surface area (Å²) in [4.78, 5) is 23.1. The van der Waals surface area contributed by atoms with E-state index in [-0.39, 0.29) is 11.6 Å². The first kappa shape index (κ1) is 11.6. The number of anilines is 1. The van der Waals surface area contributed by atoms with Gasteiger partial charge < -0.3 is 9.69 Å². The van der Waals surface area contributed by atoms with Gasteiger partial charge in [-0.1, -0.05) is 6.07 Å². The summed E-state index contributed by atoms with van der Waals surface area (Å²) >= 11 is 0. The lowest BCUT2D eigenvalue weighted by Crippen LogP contribution is -2.35. The van der Waals surface area contributed by atoms with Crippen molar-refractivity contribution in [3.05, 3.63) is 34.4 Å². The van der Waals surface area contributed by atoms with Gasteiger partial charge in [0.2, 0.25) is 0 Å². The molecule has 0 radical (unpaired) electrons. The van der Waals surface area contributed by atoms with E-state index in [1.54, 1.807) is 12.1 Å². The molecule has 1 fully saturated rings. The quantitative estimate of drug-likeness (QED) is 0.456. The Morgan fingerprint density at radius 3 is 3.00 bits per heavy atom. The Hall–Kier alpha value is -1.91. The van der Waals surface area contributed by atoms with Gasteiger partial charge in [-0.05, 0) is 18.9 Å². The monoisotopic (exact) mass is 234 g/mol. The fraction of sp³-hybridized carbons (Fsp3) is 0.417. The van der Waals surface area contributed by atoms with Gasteiger partial charge in [-0.25, -0.2) is 0 Å². The van der Waals surface area contributed by atoms with Gasteiger partial charge in [-0.15, -0.1) is 0 Å². The minimum absolute atomic E-state index is 0.0445. The topological polar surface area (TPSA) is 63.5 Å². The largest absolute Gasteiger partial charge is 0.371 e. The zero-order chi connectivity index (χ0) is 12.3. The number of nitro groups is 1. The molecule has 1 aromatic carbocycles. The molecule has 0 spiro atoms. The van der Waals surface area contributed by atoms with Gasteiger partial charge in [0.15, 0.2) is 0 Å². The second-order valence-electron chi connectivity index (χ2n) is 4.26. The molecule has 0 saturated carbocycles. The van der Waals surface area contributed by atoms with Crippen molar-refractivity contribution in [1.29, 1.82) is 0 Å². The van der Waals surface area contributed by atoms with Crippen LogP contribution in [0.4, 0.5) is 11.4 Å². The molecule has 0 aliphatic carbocycles. The van der Waals surface area contributed by atoms with Gasteiger partial charge in [0.05, 0.1) is 4.92 Å². The zero-order valence-electron chi connectivity index (χ0n) is 9.41. The second-order valence-corrected chi connectivity index (χ2v) is 4.26. The molecule has 17 heavy (non-hydrogen) atoms. The SMILES string of the molecule is O=CC1CCCN(c2cccc([N+](=O)[O-])c2)C1. The van der Waals surface area contributed by atoms with Gasteiger partial charge >= 0.3 is 0 Å². The molecular formula is C12H14N2O3. The molecule has 1 atom stereocenters. The Morgan fingerprint density at radius 2 is 2.29 bits per heavy atom. The van der Waals surface area contributed by atoms with Crippen LogP contribution in [0.2, 0.25) is 0 Å². The van der Waals surface area contributed by atoms with Crippen molar-refractivity contribution in [3.63, 3.8) is 0 Å². The highest BCUT2D eigenvalue weighted by molar-refractivity contribution is 5.58. The summed E-state index contributed by atoms with van der Waals surface area (Å²) in [5.41, 5.74) is 0.918. The van der Waals surface area contributed by atoms with Crippen LogP contribution in [0.5, 0.6) is 0 Å². The molecule has 5 heteroatoms. The lowest BCUT2D eigenvalue weighted by atomic mass is 9.99. The van der Waals surface area contributed by atoms with Crippen LogP contribution in [0.1, 0.15) is 12.8 Å². The summed E-state index contributed by atoms with van der Waals surface area (Å²) in [6.45, 7) is 1.51. The fourth-order valence-corrected chi connectivity index (χ4v) is 2.16. The van der Waals surface area contributed by atoms with E-state index < -0.39 is 4.92 Å². The number of rotatable bonds is 3. The van der Waals surface area contributed by atoms with Crippen LogP contribution in [0.25, 0.3) is 0 Å². The van der Waals surface area contributed by atoms with Crippen LogP contribution >= 0.6 is 0 Å². The van der Waals surface area contributed by atoms with E-state index in [0.717, 1.165) is 31.4 Å². The van der Waals surface area contributed by atoms with Gasteiger partial charge in [0, 0.05) is 36.8 Å². The molecule has 1 unspecified atom stereocenters. The molecule has 1 aliphatic rings. The number of benzene rings is 1. The van der Waals surface area contributed by atoms with Gasteiger partial charge in [0.1, 0.15) is 6.29 Å².